The third kappa shape index (κ3) is 5.65. The summed E-state index contributed by atoms with van der Waals surface area (Å²) in [5.41, 5.74) is 1.53. The summed E-state index contributed by atoms with van der Waals surface area (Å²) in [6.45, 7) is 2.10. The number of carbonyl (C=O) groups is 2. The third-order valence-corrected chi connectivity index (χ3v) is 4.18. The van der Waals surface area contributed by atoms with Gasteiger partial charge in [0.05, 0.1) is 18.7 Å². The SMILES string of the molecule is CCOC(=O)Cc1csc(NC(=O)CCc2ccccc2Cl)n1. The second-order valence-corrected chi connectivity index (χ2v) is 6.03. The molecule has 122 valence electrons. The van der Waals surface area contributed by atoms with Gasteiger partial charge in [-0.25, -0.2) is 4.98 Å². The lowest BCUT2D eigenvalue weighted by Gasteiger charge is -2.04. The maximum absolute atomic E-state index is 12.0. The summed E-state index contributed by atoms with van der Waals surface area (Å²) in [7, 11) is 0. The molecule has 2 aromatic rings. The summed E-state index contributed by atoms with van der Waals surface area (Å²) >= 11 is 7.35. The lowest BCUT2D eigenvalue weighted by atomic mass is 10.1. The number of nitrogens with one attached hydrogen (secondary N) is 1. The molecule has 1 amide bonds. The molecule has 0 aliphatic heterocycles. The van der Waals surface area contributed by atoms with E-state index in [1.54, 1.807) is 18.4 Å². The van der Waals surface area contributed by atoms with Gasteiger partial charge in [-0.2, -0.15) is 0 Å². The molecule has 0 atom stereocenters. The van der Waals surface area contributed by atoms with Crippen LogP contribution in [0.25, 0.3) is 0 Å². The quantitative estimate of drug-likeness (QED) is 0.775. The average molecular weight is 353 g/mol. The molecule has 0 aliphatic carbocycles. The van der Waals surface area contributed by atoms with Crippen molar-refractivity contribution in [1.29, 1.82) is 0 Å². The van der Waals surface area contributed by atoms with Crippen molar-refractivity contribution >= 4 is 39.9 Å². The molecule has 23 heavy (non-hydrogen) atoms. The first-order chi connectivity index (χ1) is 11.1. The van der Waals surface area contributed by atoms with E-state index in [4.69, 9.17) is 16.3 Å². The highest BCUT2D eigenvalue weighted by atomic mass is 35.5. The van der Waals surface area contributed by atoms with Crippen molar-refractivity contribution < 1.29 is 14.3 Å². The first kappa shape index (κ1) is 17.4. The minimum Gasteiger partial charge on any atom is -0.466 e. The fourth-order valence-electron chi connectivity index (χ4n) is 1.94. The number of rotatable bonds is 7. The van der Waals surface area contributed by atoms with Crippen molar-refractivity contribution in [3.05, 3.63) is 45.9 Å². The van der Waals surface area contributed by atoms with E-state index in [0.29, 0.717) is 35.3 Å². The highest BCUT2D eigenvalue weighted by molar-refractivity contribution is 7.13. The molecule has 0 spiro atoms. The fourth-order valence-corrected chi connectivity index (χ4v) is 2.89. The molecule has 1 aromatic carbocycles. The van der Waals surface area contributed by atoms with E-state index in [9.17, 15) is 9.59 Å². The van der Waals surface area contributed by atoms with Crippen molar-refractivity contribution in [1.82, 2.24) is 4.98 Å². The molecule has 0 radical (unpaired) electrons. The molecule has 2 rings (SSSR count). The van der Waals surface area contributed by atoms with Crippen molar-refractivity contribution in [3.63, 3.8) is 0 Å². The van der Waals surface area contributed by atoms with Crippen molar-refractivity contribution in [2.45, 2.75) is 26.2 Å². The Kier molecular flexibility index (Phi) is 6.55. The molecule has 1 N–H and O–H groups in total. The van der Waals surface area contributed by atoms with E-state index in [1.165, 1.54) is 11.3 Å². The number of hydrogen-bond acceptors (Lipinski definition) is 5. The van der Waals surface area contributed by atoms with Gasteiger partial charge in [-0.3, -0.25) is 9.59 Å². The topological polar surface area (TPSA) is 68.3 Å². The predicted molar refractivity (Wildman–Crippen MR) is 90.9 cm³/mol. The van der Waals surface area contributed by atoms with Crippen LogP contribution >= 0.6 is 22.9 Å². The fraction of sp³-hybridized carbons (Fsp3) is 0.312. The molecule has 1 heterocycles. The Labute approximate surface area is 143 Å². The molecule has 0 saturated heterocycles. The van der Waals surface area contributed by atoms with Crippen LogP contribution in [0.4, 0.5) is 5.13 Å². The van der Waals surface area contributed by atoms with Crippen LogP contribution in [0.3, 0.4) is 0 Å². The summed E-state index contributed by atoms with van der Waals surface area (Å²) in [6, 6.07) is 7.45. The molecule has 0 saturated carbocycles. The van der Waals surface area contributed by atoms with Gasteiger partial charge in [0.1, 0.15) is 0 Å². The second-order valence-electron chi connectivity index (χ2n) is 4.77. The molecule has 0 unspecified atom stereocenters. The minimum atomic E-state index is -0.325. The Morgan fingerprint density at radius 1 is 1.35 bits per heavy atom. The third-order valence-electron chi connectivity index (χ3n) is 3.01. The number of anilines is 1. The molecular weight excluding hydrogens is 336 g/mol. The van der Waals surface area contributed by atoms with E-state index in [1.807, 2.05) is 18.2 Å². The van der Waals surface area contributed by atoms with Crippen LogP contribution in [0.1, 0.15) is 24.6 Å². The zero-order valence-corrected chi connectivity index (χ0v) is 14.2. The lowest BCUT2D eigenvalue weighted by Crippen LogP contribution is -2.12. The van der Waals surface area contributed by atoms with Crippen LogP contribution in [0.2, 0.25) is 5.02 Å². The van der Waals surface area contributed by atoms with E-state index in [-0.39, 0.29) is 18.3 Å². The number of halogens is 1. The number of amides is 1. The normalized spacial score (nSPS) is 10.3. The summed E-state index contributed by atoms with van der Waals surface area (Å²) in [5.74, 6) is -0.462. The number of aromatic nitrogens is 1. The summed E-state index contributed by atoms with van der Waals surface area (Å²) in [6.07, 6.45) is 0.989. The Morgan fingerprint density at radius 2 is 2.13 bits per heavy atom. The smallest absolute Gasteiger partial charge is 0.311 e. The predicted octanol–water partition coefficient (Wildman–Crippen LogP) is 3.47. The van der Waals surface area contributed by atoms with Gasteiger partial charge in [-0.1, -0.05) is 29.8 Å². The number of hydrogen-bond donors (Lipinski definition) is 1. The molecule has 0 bridgehead atoms. The van der Waals surface area contributed by atoms with Crippen LogP contribution in [-0.2, 0) is 27.2 Å². The summed E-state index contributed by atoms with van der Waals surface area (Å²) in [5, 5.41) is 5.61. The highest BCUT2D eigenvalue weighted by Crippen LogP contribution is 2.19. The number of aryl methyl sites for hydroxylation is 1. The van der Waals surface area contributed by atoms with E-state index < -0.39 is 0 Å². The first-order valence-electron chi connectivity index (χ1n) is 7.21. The number of ether oxygens (including phenoxy) is 1. The van der Waals surface area contributed by atoms with Gasteiger partial charge in [-0.15, -0.1) is 11.3 Å². The van der Waals surface area contributed by atoms with E-state index in [2.05, 4.69) is 10.3 Å². The summed E-state index contributed by atoms with van der Waals surface area (Å²) < 4.78 is 4.86. The van der Waals surface area contributed by atoms with Gasteiger partial charge in [0.2, 0.25) is 5.91 Å². The molecule has 0 aliphatic rings. The Balaban J connectivity index is 1.82. The van der Waals surface area contributed by atoms with Crippen molar-refractivity contribution in [2.24, 2.45) is 0 Å². The van der Waals surface area contributed by atoms with Crippen LogP contribution in [0.15, 0.2) is 29.6 Å². The van der Waals surface area contributed by atoms with E-state index in [0.717, 1.165) is 5.56 Å². The molecule has 1 aromatic heterocycles. The Morgan fingerprint density at radius 3 is 2.87 bits per heavy atom. The Hall–Kier alpha value is -1.92. The van der Waals surface area contributed by atoms with Crippen LogP contribution in [0, 0.1) is 0 Å². The number of carbonyl (C=O) groups excluding carboxylic acids is 2. The van der Waals surface area contributed by atoms with Gasteiger partial charge in [0.25, 0.3) is 0 Å². The molecule has 0 fully saturated rings. The second kappa shape index (κ2) is 8.64. The zero-order chi connectivity index (χ0) is 16.7. The van der Waals surface area contributed by atoms with Crippen LogP contribution in [0.5, 0.6) is 0 Å². The van der Waals surface area contributed by atoms with Crippen LogP contribution in [-0.4, -0.2) is 23.5 Å². The molecule has 5 nitrogen and oxygen atoms in total. The number of nitrogens with zero attached hydrogens (tertiary/aromatic N) is 1. The number of esters is 1. The lowest BCUT2D eigenvalue weighted by molar-refractivity contribution is -0.142. The molecule has 7 heteroatoms. The van der Waals surface area contributed by atoms with E-state index >= 15 is 0 Å². The number of benzene rings is 1. The molecular formula is C16H17ClN2O3S. The highest BCUT2D eigenvalue weighted by Gasteiger charge is 2.11. The van der Waals surface area contributed by atoms with Gasteiger partial charge in [0.15, 0.2) is 5.13 Å². The van der Waals surface area contributed by atoms with Crippen LogP contribution < -0.4 is 5.32 Å². The number of thiazole rings is 1. The maximum atomic E-state index is 12.0. The Bertz CT molecular complexity index is 687. The standard InChI is InChI=1S/C16H17ClN2O3S/c1-2-22-15(21)9-12-10-23-16(18-12)19-14(20)8-7-11-5-3-4-6-13(11)17/h3-6,10H,2,7-9H2,1H3,(H,18,19,20). The maximum Gasteiger partial charge on any atom is 0.311 e. The summed E-state index contributed by atoms with van der Waals surface area (Å²) in [4.78, 5) is 27.5. The minimum absolute atomic E-state index is 0.111. The van der Waals surface area contributed by atoms with Crippen molar-refractivity contribution in [2.75, 3.05) is 11.9 Å². The van der Waals surface area contributed by atoms with Gasteiger partial charge in [-0.05, 0) is 25.0 Å². The monoisotopic (exact) mass is 352 g/mol. The van der Waals surface area contributed by atoms with Crippen molar-refractivity contribution in [3.8, 4) is 0 Å². The van der Waals surface area contributed by atoms with Gasteiger partial charge >= 0.3 is 5.97 Å². The largest absolute Gasteiger partial charge is 0.466 e. The average Bonchev–Trinajstić information content (AvgIpc) is 2.93. The zero-order valence-electron chi connectivity index (χ0n) is 12.7. The van der Waals surface area contributed by atoms with Gasteiger partial charge < -0.3 is 10.1 Å². The van der Waals surface area contributed by atoms with Gasteiger partial charge in [0, 0.05) is 16.8 Å². The first-order valence-corrected chi connectivity index (χ1v) is 8.47.